The van der Waals surface area contributed by atoms with E-state index in [2.05, 4.69) is 9.97 Å². The number of imidazole rings is 1. The highest BCUT2D eigenvalue weighted by molar-refractivity contribution is 5.58. The lowest BCUT2D eigenvalue weighted by Crippen LogP contribution is -2.04. The minimum absolute atomic E-state index is 0.706. The van der Waals surface area contributed by atoms with E-state index in [-0.39, 0.29) is 0 Å². The van der Waals surface area contributed by atoms with E-state index in [0.717, 1.165) is 22.8 Å². The average Bonchev–Trinajstić information content (AvgIpc) is 2.53. The van der Waals surface area contributed by atoms with E-state index in [1.54, 1.807) is 12.5 Å². The normalized spacial score (nSPS) is 10.6. The minimum atomic E-state index is 0.706. The molecule has 0 saturated heterocycles. The predicted octanol–water partition coefficient (Wildman–Crippen LogP) is 1.77. The summed E-state index contributed by atoms with van der Waals surface area (Å²) in [5.41, 5.74) is 9.79. The van der Waals surface area contributed by atoms with Gasteiger partial charge in [-0.05, 0) is 32.4 Å². The first-order chi connectivity index (χ1) is 7.11. The number of aromatic nitrogens is 3. The molecule has 2 aromatic rings. The van der Waals surface area contributed by atoms with Crippen LogP contribution in [0, 0.1) is 20.8 Å². The van der Waals surface area contributed by atoms with Crippen LogP contribution in [0.3, 0.4) is 0 Å². The van der Waals surface area contributed by atoms with Crippen LogP contribution in [-0.2, 0) is 0 Å². The van der Waals surface area contributed by atoms with Gasteiger partial charge in [-0.2, -0.15) is 0 Å². The van der Waals surface area contributed by atoms with Gasteiger partial charge in [0.05, 0.1) is 11.4 Å². The second-order valence-corrected chi connectivity index (χ2v) is 3.65. The molecule has 0 aliphatic carbocycles. The first-order valence-corrected chi connectivity index (χ1v) is 4.83. The van der Waals surface area contributed by atoms with Crippen LogP contribution in [0.5, 0.6) is 0 Å². The van der Waals surface area contributed by atoms with E-state index in [1.165, 1.54) is 0 Å². The second kappa shape index (κ2) is 3.38. The van der Waals surface area contributed by atoms with Crippen LogP contribution in [-0.4, -0.2) is 14.5 Å². The van der Waals surface area contributed by atoms with E-state index in [0.29, 0.717) is 5.69 Å². The number of nitrogen functional groups attached to an aromatic ring is 1. The Balaban J connectivity index is 2.64. The van der Waals surface area contributed by atoms with Crippen molar-refractivity contribution in [3.05, 3.63) is 35.5 Å². The van der Waals surface area contributed by atoms with E-state index in [1.807, 2.05) is 31.4 Å². The van der Waals surface area contributed by atoms with Gasteiger partial charge in [0.15, 0.2) is 5.82 Å². The Morgan fingerprint density at radius 3 is 2.53 bits per heavy atom. The zero-order valence-corrected chi connectivity index (χ0v) is 9.15. The fourth-order valence-corrected chi connectivity index (χ4v) is 1.46. The van der Waals surface area contributed by atoms with Gasteiger partial charge in [0, 0.05) is 11.9 Å². The topological polar surface area (TPSA) is 56.7 Å². The molecule has 0 aliphatic rings. The van der Waals surface area contributed by atoms with Gasteiger partial charge in [0.1, 0.15) is 6.33 Å². The molecule has 2 aromatic heterocycles. The SMILES string of the molecule is Cc1ccnc(-n2cnc(C)c2C)c1N. The van der Waals surface area contributed by atoms with E-state index < -0.39 is 0 Å². The van der Waals surface area contributed by atoms with Gasteiger partial charge in [-0.15, -0.1) is 0 Å². The summed E-state index contributed by atoms with van der Waals surface area (Å²) in [5, 5.41) is 0. The number of hydrogen-bond donors (Lipinski definition) is 1. The van der Waals surface area contributed by atoms with Crippen LogP contribution in [0.1, 0.15) is 17.0 Å². The number of anilines is 1. The van der Waals surface area contributed by atoms with Gasteiger partial charge >= 0.3 is 0 Å². The quantitative estimate of drug-likeness (QED) is 0.766. The Labute approximate surface area is 88.8 Å². The van der Waals surface area contributed by atoms with E-state index >= 15 is 0 Å². The molecule has 78 valence electrons. The second-order valence-electron chi connectivity index (χ2n) is 3.65. The van der Waals surface area contributed by atoms with Crippen LogP contribution >= 0.6 is 0 Å². The largest absolute Gasteiger partial charge is 0.395 e. The highest BCUT2D eigenvalue weighted by Gasteiger charge is 2.09. The van der Waals surface area contributed by atoms with Crippen LogP contribution in [0.25, 0.3) is 5.82 Å². The van der Waals surface area contributed by atoms with Crippen molar-refractivity contribution in [3.8, 4) is 5.82 Å². The van der Waals surface area contributed by atoms with Crippen LogP contribution in [0.15, 0.2) is 18.6 Å². The monoisotopic (exact) mass is 202 g/mol. The summed E-state index contributed by atoms with van der Waals surface area (Å²) >= 11 is 0. The third-order valence-corrected chi connectivity index (χ3v) is 2.67. The lowest BCUT2D eigenvalue weighted by Gasteiger charge is -2.09. The maximum Gasteiger partial charge on any atom is 0.161 e. The molecule has 0 aliphatic heterocycles. The smallest absolute Gasteiger partial charge is 0.161 e. The molecule has 4 heteroatoms. The summed E-state index contributed by atoms with van der Waals surface area (Å²) < 4.78 is 1.91. The zero-order valence-electron chi connectivity index (χ0n) is 9.15. The highest BCUT2D eigenvalue weighted by Crippen LogP contribution is 2.20. The van der Waals surface area contributed by atoms with Crippen molar-refractivity contribution in [3.63, 3.8) is 0 Å². The first-order valence-electron chi connectivity index (χ1n) is 4.83. The Kier molecular flexibility index (Phi) is 2.19. The van der Waals surface area contributed by atoms with Crippen molar-refractivity contribution in [2.45, 2.75) is 20.8 Å². The Hall–Kier alpha value is -1.84. The molecule has 0 saturated carbocycles. The Morgan fingerprint density at radius 1 is 1.20 bits per heavy atom. The van der Waals surface area contributed by atoms with Crippen molar-refractivity contribution in [2.75, 3.05) is 5.73 Å². The third-order valence-electron chi connectivity index (χ3n) is 2.67. The fourth-order valence-electron chi connectivity index (χ4n) is 1.46. The molecule has 0 radical (unpaired) electrons. The van der Waals surface area contributed by atoms with Gasteiger partial charge in [0.2, 0.25) is 0 Å². The lowest BCUT2D eigenvalue weighted by molar-refractivity contribution is 0.951. The molecule has 0 atom stereocenters. The summed E-state index contributed by atoms with van der Waals surface area (Å²) in [5.74, 6) is 0.758. The fraction of sp³-hybridized carbons (Fsp3) is 0.273. The number of aryl methyl sites for hydroxylation is 2. The molecular formula is C11H14N4. The molecule has 0 unspecified atom stereocenters. The zero-order chi connectivity index (χ0) is 11.0. The molecule has 0 bridgehead atoms. The van der Waals surface area contributed by atoms with Crippen molar-refractivity contribution in [1.82, 2.24) is 14.5 Å². The number of pyridine rings is 1. The summed E-state index contributed by atoms with van der Waals surface area (Å²) in [7, 11) is 0. The maximum atomic E-state index is 5.98. The van der Waals surface area contributed by atoms with Crippen LogP contribution < -0.4 is 5.73 Å². The number of nitrogens with zero attached hydrogens (tertiary/aromatic N) is 3. The van der Waals surface area contributed by atoms with Crippen molar-refractivity contribution < 1.29 is 0 Å². The van der Waals surface area contributed by atoms with Gasteiger partial charge in [0.25, 0.3) is 0 Å². The molecule has 0 spiro atoms. The van der Waals surface area contributed by atoms with Crippen LogP contribution in [0.4, 0.5) is 5.69 Å². The van der Waals surface area contributed by atoms with Crippen molar-refractivity contribution >= 4 is 5.69 Å². The van der Waals surface area contributed by atoms with E-state index in [9.17, 15) is 0 Å². The van der Waals surface area contributed by atoms with Gasteiger partial charge < -0.3 is 5.73 Å². The molecule has 2 heterocycles. The van der Waals surface area contributed by atoms with Gasteiger partial charge in [-0.3, -0.25) is 4.57 Å². The number of rotatable bonds is 1. The average molecular weight is 202 g/mol. The molecule has 0 amide bonds. The molecule has 0 aromatic carbocycles. The number of nitrogens with two attached hydrogens (primary N) is 1. The van der Waals surface area contributed by atoms with Gasteiger partial charge in [-0.25, -0.2) is 9.97 Å². The maximum absolute atomic E-state index is 5.98. The predicted molar refractivity (Wildman–Crippen MR) is 60.0 cm³/mol. The van der Waals surface area contributed by atoms with Gasteiger partial charge in [-0.1, -0.05) is 0 Å². The molecule has 15 heavy (non-hydrogen) atoms. The molecule has 4 nitrogen and oxygen atoms in total. The summed E-state index contributed by atoms with van der Waals surface area (Å²) in [4.78, 5) is 8.51. The summed E-state index contributed by atoms with van der Waals surface area (Å²) in [6.07, 6.45) is 3.51. The molecule has 2 N–H and O–H groups in total. The standard InChI is InChI=1S/C11H14N4/c1-7-4-5-13-11(10(7)12)15-6-14-8(2)9(15)3/h4-6H,12H2,1-3H3. The minimum Gasteiger partial charge on any atom is -0.395 e. The Bertz CT molecular complexity index is 499. The number of hydrogen-bond acceptors (Lipinski definition) is 3. The Morgan fingerprint density at radius 2 is 1.93 bits per heavy atom. The summed E-state index contributed by atoms with van der Waals surface area (Å²) in [6.45, 7) is 5.95. The lowest BCUT2D eigenvalue weighted by atomic mass is 10.2. The van der Waals surface area contributed by atoms with Crippen molar-refractivity contribution in [1.29, 1.82) is 0 Å². The third kappa shape index (κ3) is 1.48. The molecular weight excluding hydrogens is 188 g/mol. The van der Waals surface area contributed by atoms with Crippen LogP contribution in [0.2, 0.25) is 0 Å². The summed E-state index contributed by atoms with van der Waals surface area (Å²) in [6, 6.07) is 1.90. The van der Waals surface area contributed by atoms with E-state index in [4.69, 9.17) is 5.73 Å². The molecule has 0 fully saturated rings. The molecule has 2 rings (SSSR count). The van der Waals surface area contributed by atoms with Crippen molar-refractivity contribution in [2.24, 2.45) is 0 Å². The highest BCUT2D eigenvalue weighted by atomic mass is 15.1. The first kappa shape index (κ1) is 9.71.